The Morgan fingerprint density at radius 2 is 1.88 bits per heavy atom. The first-order valence-corrected chi connectivity index (χ1v) is 6.13. The van der Waals surface area contributed by atoms with Crippen molar-refractivity contribution < 1.29 is 9.47 Å². The Morgan fingerprint density at radius 3 is 2.47 bits per heavy atom. The molecule has 17 heavy (non-hydrogen) atoms. The number of halogens is 1. The van der Waals surface area contributed by atoms with Crippen molar-refractivity contribution >= 4 is 11.6 Å². The fourth-order valence-electron chi connectivity index (χ4n) is 2.02. The van der Waals surface area contributed by atoms with Gasteiger partial charge in [0.2, 0.25) is 0 Å². The average molecular weight is 256 g/mol. The zero-order valence-corrected chi connectivity index (χ0v) is 11.2. The number of ether oxygens (including phenoxy) is 2. The average Bonchev–Trinajstić information content (AvgIpc) is 2.24. The molecule has 0 aliphatic carbocycles. The zero-order valence-electron chi connectivity index (χ0n) is 10.5. The Labute approximate surface area is 107 Å². The van der Waals surface area contributed by atoms with Crippen molar-refractivity contribution in [2.75, 3.05) is 13.2 Å². The molecule has 2 rings (SSSR count). The second-order valence-corrected chi connectivity index (χ2v) is 5.57. The molecule has 0 radical (unpaired) electrons. The number of hydrogen-bond donors (Lipinski definition) is 1. The van der Waals surface area contributed by atoms with Gasteiger partial charge in [0.25, 0.3) is 0 Å². The minimum Gasteiger partial charge on any atom is -0.486 e. The highest BCUT2D eigenvalue weighted by atomic mass is 35.5. The molecule has 0 atom stereocenters. The fourth-order valence-corrected chi connectivity index (χ4v) is 2.29. The minimum atomic E-state index is -0.266. The molecule has 0 saturated carbocycles. The summed E-state index contributed by atoms with van der Waals surface area (Å²) in [5.41, 5.74) is 7.97. The third-order valence-electron chi connectivity index (χ3n) is 2.77. The van der Waals surface area contributed by atoms with Crippen LogP contribution in [-0.2, 0) is 6.42 Å². The Kier molecular flexibility index (Phi) is 3.23. The monoisotopic (exact) mass is 255 g/mol. The smallest absolute Gasteiger partial charge is 0.180 e. The van der Waals surface area contributed by atoms with Gasteiger partial charge in [0.05, 0.1) is 5.02 Å². The summed E-state index contributed by atoms with van der Waals surface area (Å²) in [6.45, 7) is 7.13. The molecule has 1 aromatic carbocycles. The van der Waals surface area contributed by atoms with Crippen molar-refractivity contribution in [2.24, 2.45) is 5.73 Å². The third kappa shape index (κ3) is 2.67. The molecular formula is C13H18ClNO2. The van der Waals surface area contributed by atoms with Crippen LogP contribution in [-0.4, -0.2) is 18.8 Å². The van der Waals surface area contributed by atoms with Gasteiger partial charge in [0.1, 0.15) is 13.2 Å². The van der Waals surface area contributed by atoms with Gasteiger partial charge in [-0.1, -0.05) is 11.6 Å². The molecule has 0 unspecified atom stereocenters. The predicted octanol–water partition coefficient (Wildman–Crippen LogP) is 2.70. The lowest BCUT2D eigenvalue weighted by molar-refractivity contribution is 0.170. The van der Waals surface area contributed by atoms with Crippen LogP contribution in [0.5, 0.6) is 11.5 Å². The molecule has 1 aliphatic heterocycles. The molecule has 1 heterocycles. The number of benzene rings is 1. The van der Waals surface area contributed by atoms with E-state index >= 15 is 0 Å². The van der Waals surface area contributed by atoms with Crippen molar-refractivity contribution in [3.63, 3.8) is 0 Å². The molecule has 0 bridgehead atoms. The van der Waals surface area contributed by atoms with Gasteiger partial charge in [0, 0.05) is 5.54 Å². The van der Waals surface area contributed by atoms with E-state index in [9.17, 15) is 0 Å². The first-order chi connectivity index (χ1) is 7.88. The SMILES string of the molecule is Cc1c(CC(C)(C)N)cc(Cl)c2c1OCCO2. The summed E-state index contributed by atoms with van der Waals surface area (Å²) in [5.74, 6) is 1.43. The summed E-state index contributed by atoms with van der Waals surface area (Å²) in [6, 6.07) is 1.93. The van der Waals surface area contributed by atoms with Crippen molar-refractivity contribution in [3.05, 3.63) is 22.2 Å². The van der Waals surface area contributed by atoms with Gasteiger partial charge in [0.15, 0.2) is 11.5 Å². The Morgan fingerprint density at radius 1 is 1.29 bits per heavy atom. The van der Waals surface area contributed by atoms with Gasteiger partial charge in [-0.05, 0) is 44.4 Å². The highest BCUT2D eigenvalue weighted by molar-refractivity contribution is 6.32. The van der Waals surface area contributed by atoms with Crippen molar-refractivity contribution in [2.45, 2.75) is 32.7 Å². The summed E-state index contributed by atoms with van der Waals surface area (Å²) in [6.07, 6.45) is 0.759. The van der Waals surface area contributed by atoms with Gasteiger partial charge in [-0.25, -0.2) is 0 Å². The predicted molar refractivity (Wildman–Crippen MR) is 69.1 cm³/mol. The summed E-state index contributed by atoms with van der Waals surface area (Å²) in [5, 5.41) is 0.601. The van der Waals surface area contributed by atoms with E-state index in [-0.39, 0.29) is 5.54 Å². The molecule has 0 aromatic heterocycles. The maximum Gasteiger partial charge on any atom is 0.180 e. The highest BCUT2D eigenvalue weighted by Crippen LogP contribution is 2.42. The van der Waals surface area contributed by atoms with E-state index in [4.69, 9.17) is 26.8 Å². The summed E-state index contributed by atoms with van der Waals surface area (Å²) in [7, 11) is 0. The van der Waals surface area contributed by atoms with Crippen LogP contribution in [0.2, 0.25) is 5.02 Å². The first kappa shape index (κ1) is 12.5. The van der Waals surface area contributed by atoms with Gasteiger partial charge in [-0.2, -0.15) is 0 Å². The molecule has 4 heteroatoms. The zero-order chi connectivity index (χ0) is 12.6. The van der Waals surface area contributed by atoms with Crippen molar-refractivity contribution in [3.8, 4) is 11.5 Å². The molecule has 1 aromatic rings. The normalized spacial score (nSPS) is 14.9. The number of rotatable bonds is 2. The van der Waals surface area contributed by atoms with E-state index in [1.165, 1.54) is 0 Å². The lowest BCUT2D eigenvalue weighted by atomic mass is 9.92. The first-order valence-electron chi connectivity index (χ1n) is 5.75. The van der Waals surface area contributed by atoms with E-state index in [1.54, 1.807) is 0 Å². The molecule has 0 spiro atoms. The van der Waals surface area contributed by atoms with E-state index in [0.29, 0.717) is 24.0 Å². The quantitative estimate of drug-likeness (QED) is 0.884. The van der Waals surface area contributed by atoms with Gasteiger partial charge in [-0.3, -0.25) is 0 Å². The molecule has 1 aliphatic rings. The van der Waals surface area contributed by atoms with E-state index < -0.39 is 0 Å². The third-order valence-corrected chi connectivity index (χ3v) is 3.05. The van der Waals surface area contributed by atoms with Crippen LogP contribution in [0.25, 0.3) is 0 Å². The van der Waals surface area contributed by atoms with Gasteiger partial charge in [-0.15, -0.1) is 0 Å². The van der Waals surface area contributed by atoms with Crippen LogP contribution in [0, 0.1) is 6.92 Å². The van der Waals surface area contributed by atoms with Crippen LogP contribution >= 0.6 is 11.6 Å². The van der Waals surface area contributed by atoms with E-state index in [0.717, 1.165) is 23.3 Å². The molecule has 0 amide bonds. The molecule has 2 N–H and O–H groups in total. The lowest BCUT2D eigenvalue weighted by Crippen LogP contribution is -2.34. The number of nitrogens with two attached hydrogens (primary N) is 1. The molecule has 0 fully saturated rings. The molecule has 0 saturated heterocycles. The highest BCUT2D eigenvalue weighted by Gasteiger charge is 2.23. The summed E-state index contributed by atoms with van der Waals surface area (Å²) in [4.78, 5) is 0. The maximum atomic E-state index is 6.20. The number of hydrogen-bond acceptors (Lipinski definition) is 3. The van der Waals surface area contributed by atoms with Gasteiger partial charge < -0.3 is 15.2 Å². The summed E-state index contributed by atoms with van der Waals surface area (Å²) >= 11 is 6.20. The largest absolute Gasteiger partial charge is 0.486 e. The molecular weight excluding hydrogens is 238 g/mol. The molecule has 94 valence electrons. The van der Waals surface area contributed by atoms with Crippen LogP contribution in [0.3, 0.4) is 0 Å². The van der Waals surface area contributed by atoms with Crippen LogP contribution in [0.1, 0.15) is 25.0 Å². The standard InChI is InChI=1S/C13H18ClNO2/c1-8-9(7-13(2,3)15)6-10(14)12-11(8)16-4-5-17-12/h6H,4-5,7,15H2,1-3H3. The van der Waals surface area contributed by atoms with Crippen molar-refractivity contribution in [1.29, 1.82) is 0 Å². The number of fused-ring (bicyclic) bond motifs is 1. The van der Waals surface area contributed by atoms with E-state index in [1.807, 2.05) is 26.8 Å². The molecule has 3 nitrogen and oxygen atoms in total. The second-order valence-electron chi connectivity index (χ2n) is 5.16. The fraction of sp³-hybridized carbons (Fsp3) is 0.538. The Hall–Kier alpha value is -0.930. The van der Waals surface area contributed by atoms with Crippen LogP contribution in [0.15, 0.2) is 6.07 Å². The lowest BCUT2D eigenvalue weighted by Gasteiger charge is -2.25. The Balaban J connectivity index is 2.45. The van der Waals surface area contributed by atoms with Gasteiger partial charge >= 0.3 is 0 Å². The minimum absolute atomic E-state index is 0.266. The van der Waals surface area contributed by atoms with E-state index in [2.05, 4.69) is 0 Å². The summed E-state index contributed by atoms with van der Waals surface area (Å²) < 4.78 is 11.2. The van der Waals surface area contributed by atoms with Crippen molar-refractivity contribution in [1.82, 2.24) is 0 Å². The van der Waals surface area contributed by atoms with Crippen LogP contribution < -0.4 is 15.2 Å². The second kappa shape index (κ2) is 4.39. The van der Waals surface area contributed by atoms with Crippen LogP contribution in [0.4, 0.5) is 0 Å². The topological polar surface area (TPSA) is 44.5 Å². The Bertz CT molecular complexity index is 438. The maximum absolute atomic E-state index is 6.20.